The van der Waals surface area contributed by atoms with Crippen LogP contribution in [0.3, 0.4) is 0 Å². The van der Waals surface area contributed by atoms with E-state index >= 15 is 0 Å². The van der Waals surface area contributed by atoms with Crippen molar-refractivity contribution in [3.05, 3.63) is 59.9 Å². The third-order valence-corrected chi connectivity index (χ3v) is 2.83. The van der Waals surface area contributed by atoms with Gasteiger partial charge in [-0.15, -0.1) is 10.2 Å². The van der Waals surface area contributed by atoms with Crippen molar-refractivity contribution < 1.29 is 18.7 Å². The van der Waals surface area contributed by atoms with Crippen LogP contribution in [-0.4, -0.2) is 20.5 Å². The third kappa shape index (κ3) is 2.53. The number of halogens is 2. The molecule has 1 N–H and O–H groups in total. The summed E-state index contributed by atoms with van der Waals surface area (Å²) in [4.78, 5) is 15.1. The van der Waals surface area contributed by atoms with Crippen molar-refractivity contribution in [2.24, 2.45) is 10.2 Å². The van der Waals surface area contributed by atoms with Crippen LogP contribution in [0.4, 0.5) is 20.3 Å². The highest BCUT2D eigenvalue weighted by Gasteiger charge is 2.18. The van der Waals surface area contributed by atoms with Gasteiger partial charge >= 0.3 is 5.97 Å². The standard InChI is InChI=1S/C14H8F2N4O2/c15-8-2-1-3-10(6-8)18-19-13-12(14(21)22)17-11-5-4-9(16)7-20(11)13/h1-7H,(H,21,22). The molecule has 110 valence electrons. The Kier molecular flexibility index (Phi) is 3.34. The number of fused-ring (bicyclic) bond motifs is 1. The van der Waals surface area contributed by atoms with Crippen molar-refractivity contribution in [3.8, 4) is 0 Å². The van der Waals surface area contributed by atoms with Gasteiger partial charge in [0.2, 0.25) is 0 Å². The fraction of sp³-hybridized carbons (Fsp3) is 0. The van der Waals surface area contributed by atoms with Gasteiger partial charge in [0.1, 0.15) is 17.3 Å². The maximum absolute atomic E-state index is 13.3. The summed E-state index contributed by atoms with van der Waals surface area (Å²) in [6.45, 7) is 0. The van der Waals surface area contributed by atoms with Crippen LogP contribution in [0.2, 0.25) is 0 Å². The second-order valence-corrected chi connectivity index (χ2v) is 4.34. The van der Waals surface area contributed by atoms with E-state index in [4.69, 9.17) is 5.11 Å². The average Bonchev–Trinajstić information content (AvgIpc) is 2.83. The first kappa shape index (κ1) is 13.8. The largest absolute Gasteiger partial charge is 0.476 e. The van der Waals surface area contributed by atoms with E-state index in [1.165, 1.54) is 28.7 Å². The number of hydrogen-bond donors (Lipinski definition) is 1. The van der Waals surface area contributed by atoms with Crippen LogP contribution in [0.25, 0.3) is 5.65 Å². The first-order valence-electron chi connectivity index (χ1n) is 6.13. The summed E-state index contributed by atoms with van der Waals surface area (Å²) in [6, 6.07) is 7.79. The summed E-state index contributed by atoms with van der Waals surface area (Å²) in [6.07, 6.45) is 1.05. The third-order valence-electron chi connectivity index (χ3n) is 2.83. The van der Waals surface area contributed by atoms with Gasteiger partial charge in [-0.05, 0) is 24.3 Å². The number of carboxylic acid groups (broad SMARTS) is 1. The van der Waals surface area contributed by atoms with Crippen molar-refractivity contribution >= 4 is 23.1 Å². The lowest BCUT2D eigenvalue weighted by Crippen LogP contribution is -1.96. The molecule has 0 unspecified atom stereocenters. The zero-order valence-electron chi connectivity index (χ0n) is 10.9. The molecule has 0 atom stereocenters. The van der Waals surface area contributed by atoms with Gasteiger partial charge in [-0.1, -0.05) is 6.07 Å². The van der Waals surface area contributed by atoms with E-state index in [1.807, 2.05) is 0 Å². The predicted octanol–water partition coefficient (Wildman–Crippen LogP) is 3.73. The number of benzene rings is 1. The zero-order valence-corrected chi connectivity index (χ0v) is 10.9. The summed E-state index contributed by atoms with van der Waals surface area (Å²) >= 11 is 0. The summed E-state index contributed by atoms with van der Waals surface area (Å²) in [5.74, 6) is -2.55. The molecule has 22 heavy (non-hydrogen) atoms. The summed E-state index contributed by atoms with van der Waals surface area (Å²) < 4.78 is 27.6. The first-order chi connectivity index (χ1) is 10.5. The number of carboxylic acids is 1. The molecular weight excluding hydrogens is 294 g/mol. The van der Waals surface area contributed by atoms with Gasteiger partial charge in [-0.25, -0.2) is 18.6 Å². The Balaban J connectivity index is 2.14. The second-order valence-electron chi connectivity index (χ2n) is 4.34. The molecule has 0 aliphatic heterocycles. The molecule has 3 rings (SSSR count). The van der Waals surface area contributed by atoms with Gasteiger partial charge in [-0.2, -0.15) is 0 Å². The lowest BCUT2D eigenvalue weighted by Gasteiger charge is -1.97. The number of aromatic nitrogens is 2. The highest BCUT2D eigenvalue weighted by molar-refractivity contribution is 5.91. The topological polar surface area (TPSA) is 79.3 Å². The number of carbonyl (C=O) groups is 1. The molecule has 0 spiro atoms. The maximum Gasteiger partial charge on any atom is 0.358 e. The second kappa shape index (κ2) is 5.32. The Labute approximate surface area is 122 Å². The molecule has 6 nitrogen and oxygen atoms in total. The van der Waals surface area contributed by atoms with Crippen LogP contribution in [-0.2, 0) is 0 Å². The Morgan fingerprint density at radius 2 is 1.95 bits per heavy atom. The number of imidazole rings is 1. The number of rotatable bonds is 3. The molecule has 0 fully saturated rings. The predicted molar refractivity (Wildman–Crippen MR) is 72.7 cm³/mol. The van der Waals surface area contributed by atoms with E-state index < -0.39 is 17.6 Å². The van der Waals surface area contributed by atoms with Crippen LogP contribution >= 0.6 is 0 Å². The van der Waals surface area contributed by atoms with E-state index in [9.17, 15) is 13.6 Å². The monoisotopic (exact) mass is 302 g/mol. The average molecular weight is 302 g/mol. The minimum Gasteiger partial charge on any atom is -0.476 e. The van der Waals surface area contributed by atoms with Crippen molar-refractivity contribution in [1.29, 1.82) is 0 Å². The highest BCUT2D eigenvalue weighted by Crippen LogP contribution is 2.25. The van der Waals surface area contributed by atoms with Crippen LogP contribution in [0, 0.1) is 11.6 Å². The Bertz CT molecular complexity index is 905. The van der Waals surface area contributed by atoms with E-state index in [0.717, 1.165) is 18.3 Å². The molecule has 0 amide bonds. The van der Waals surface area contributed by atoms with Crippen LogP contribution in [0.15, 0.2) is 52.8 Å². The van der Waals surface area contributed by atoms with Gasteiger partial charge in [-0.3, -0.25) is 4.40 Å². The van der Waals surface area contributed by atoms with E-state index in [1.54, 1.807) is 0 Å². The van der Waals surface area contributed by atoms with Crippen molar-refractivity contribution in [1.82, 2.24) is 9.38 Å². The van der Waals surface area contributed by atoms with Crippen LogP contribution < -0.4 is 0 Å². The minimum atomic E-state index is -1.32. The molecule has 0 bridgehead atoms. The molecule has 0 saturated carbocycles. The van der Waals surface area contributed by atoms with Gasteiger partial charge in [0.15, 0.2) is 11.5 Å². The molecule has 0 aliphatic rings. The molecular formula is C14H8F2N4O2. The fourth-order valence-electron chi connectivity index (χ4n) is 1.89. The zero-order chi connectivity index (χ0) is 15.7. The smallest absolute Gasteiger partial charge is 0.358 e. The lowest BCUT2D eigenvalue weighted by molar-refractivity contribution is 0.0692. The van der Waals surface area contributed by atoms with Crippen molar-refractivity contribution in [2.45, 2.75) is 0 Å². The molecule has 0 saturated heterocycles. The molecule has 2 aromatic heterocycles. The quantitative estimate of drug-likeness (QED) is 0.749. The Hall–Kier alpha value is -3.16. The molecule has 1 aromatic carbocycles. The summed E-state index contributed by atoms with van der Waals surface area (Å²) in [5, 5.41) is 16.7. The van der Waals surface area contributed by atoms with E-state index in [2.05, 4.69) is 15.2 Å². The number of hydrogen-bond acceptors (Lipinski definition) is 4. The number of nitrogens with zero attached hydrogens (tertiary/aromatic N) is 4. The molecule has 2 heterocycles. The molecule has 8 heteroatoms. The number of aromatic carboxylic acids is 1. The Morgan fingerprint density at radius 3 is 2.68 bits per heavy atom. The maximum atomic E-state index is 13.3. The van der Waals surface area contributed by atoms with Gasteiger partial charge < -0.3 is 5.11 Å². The van der Waals surface area contributed by atoms with Crippen LogP contribution in [0.5, 0.6) is 0 Å². The molecule has 3 aromatic rings. The van der Waals surface area contributed by atoms with Crippen molar-refractivity contribution in [3.63, 3.8) is 0 Å². The fourth-order valence-corrected chi connectivity index (χ4v) is 1.89. The first-order valence-corrected chi connectivity index (χ1v) is 6.13. The van der Waals surface area contributed by atoms with E-state index in [-0.39, 0.29) is 22.8 Å². The SMILES string of the molecule is O=C(O)c1nc2ccc(F)cn2c1N=Nc1cccc(F)c1. The minimum absolute atomic E-state index is 0.147. The summed E-state index contributed by atoms with van der Waals surface area (Å²) in [5.41, 5.74) is 0.0421. The Morgan fingerprint density at radius 1 is 1.14 bits per heavy atom. The normalized spacial score (nSPS) is 11.4. The molecule has 0 aliphatic carbocycles. The van der Waals surface area contributed by atoms with E-state index in [0.29, 0.717) is 0 Å². The number of pyridine rings is 1. The molecule has 0 radical (unpaired) electrons. The van der Waals surface area contributed by atoms with Crippen molar-refractivity contribution in [2.75, 3.05) is 0 Å². The number of azo groups is 1. The highest BCUT2D eigenvalue weighted by atomic mass is 19.1. The summed E-state index contributed by atoms with van der Waals surface area (Å²) in [7, 11) is 0. The van der Waals surface area contributed by atoms with Gasteiger partial charge in [0.05, 0.1) is 5.69 Å². The lowest BCUT2D eigenvalue weighted by atomic mass is 10.3. The van der Waals surface area contributed by atoms with Gasteiger partial charge in [0.25, 0.3) is 0 Å². The van der Waals surface area contributed by atoms with Crippen LogP contribution in [0.1, 0.15) is 10.5 Å². The van der Waals surface area contributed by atoms with Gasteiger partial charge in [0, 0.05) is 12.3 Å².